The highest BCUT2D eigenvalue weighted by atomic mass is 127. The lowest BCUT2D eigenvalue weighted by molar-refractivity contribution is -0.386. The van der Waals surface area contributed by atoms with E-state index in [1.807, 2.05) is 12.1 Å². The molecule has 0 radical (unpaired) electrons. The van der Waals surface area contributed by atoms with E-state index in [-0.39, 0.29) is 17.3 Å². The SMILES string of the molecule is CC(Oc1ccccc1[N+](=O)[O-])C(=O)Nc1ccc(I)cc1. The van der Waals surface area contributed by atoms with Gasteiger partial charge in [0.25, 0.3) is 5.91 Å². The lowest BCUT2D eigenvalue weighted by Crippen LogP contribution is -2.30. The minimum atomic E-state index is -0.861. The van der Waals surface area contributed by atoms with Gasteiger partial charge in [0, 0.05) is 15.3 Å². The van der Waals surface area contributed by atoms with E-state index in [0.29, 0.717) is 5.69 Å². The maximum absolute atomic E-state index is 12.1. The Balaban J connectivity index is 2.05. The molecule has 1 atom stereocenters. The molecule has 2 aromatic carbocycles. The minimum Gasteiger partial charge on any atom is -0.474 e. The van der Waals surface area contributed by atoms with Crippen LogP contribution in [0.4, 0.5) is 11.4 Å². The molecule has 7 heteroatoms. The number of carbonyl (C=O) groups excluding carboxylic acids is 1. The first-order chi connectivity index (χ1) is 10.5. The van der Waals surface area contributed by atoms with Gasteiger partial charge in [-0.3, -0.25) is 14.9 Å². The average Bonchev–Trinajstić information content (AvgIpc) is 2.49. The molecule has 1 unspecified atom stereocenters. The van der Waals surface area contributed by atoms with Gasteiger partial charge in [0.05, 0.1) is 4.92 Å². The van der Waals surface area contributed by atoms with Crippen LogP contribution in [0.3, 0.4) is 0 Å². The molecule has 0 aliphatic rings. The van der Waals surface area contributed by atoms with Crippen LogP contribution in [0, 0.1) is 13.7 Å². The van der Waals surface area contributed by atoms with Crippen molar-refractivity contribution in [1.29, 1.82) is 0 Å². The van der Waals surface area contributed by atoms with Crippen molar-refractivity contribution >= 4 is 39.9 Å². The van der Waals surface area contributed by atoms with Crippen LogP contribution in [0.5, 0.6) is 5.75 Å². The third-order valence-corrected chi connectivity index (χ3v) is 3.57. The van der Waals surface area contributed by atoms with Gasteiger partial charge >= 0.3 is 5.69 Å². The van der Waals surface area contributed by atoms with E-state index in [1.54, 1.807) is 31.2 Å². The summed E-state index contributed by atoms with van der Waals surface area (Å²) < 4.78 is 6.46. The second-order valence-electron chi connectivity index (χ2n) is 4.48. The fourth-order valence-corrected chi connectivity index (χ4v) is 2.09. The van der Waals surface area contributed by atoms with E-state index in [2.05, 4.69) is 27.9 Å². The monoisotopic (exact) mass is 412 g/mol. The van der Waals surface area contributed by atoms with Crippen LogP contribution in [-0.4, -0.2) is 16.9 Å². The maximum Gasteiger partial charge on any atom is 0.310 e. The smallest absolute Gasteiger partial charge is 0.310 e. The highest BCUT2D eigenvalue weighted by molar-refractivity contribution is 14.1. The Morgan fingerprint density at radius 2 is 1.86 bits per heavy atom. The standard InChI is InChI=1S/C15H13IN2O4/c1-10(15(19)17-12-8-6-11(16)7-9-12)22-14-5-3-2-4-13(14)18(20)21/h2-10H,1H3,(H,17,19). The first-order valence-electron chi connectivity index (χ1n) is 6.44. The maximum atomic E-state index is 12.1. The zero-order valence-corrected chi connectivity index (χ0v) is 13.8. The van der Waals surface area contributed by atoms with Gasteiger partial charge in [-0.05, 0) is 59.8 Å². The number of para-hydroxylation sites is 2. The summed E-state index contributed by atoms with van der Waals surface area (Å²) in [5, 5.41) is 13.6. The van der Waals surface area contributed by atoms with Gasteiger partial charge in [0.1, 0.15) is 0 Å². The molecular formula is C15H13IN2O4. The molecule has 0 aromatic heterocycles. The average molecular weight is 412 g/mol. The Morgan fingerprint density at radius 1 is 1.23 bits per heavy atom. The summed E-state index contributed by atoms with van der Waals surface area (Å²) in [6.07, 6.45) is -0.861. The van der Waals surface area contributed by atoms with E-state index in [1.165, 1.54) is 12.1 Å². The van der Waals surface area contributed by atoms with E-state index in [4.69, 9.17) is 4.74 Å². The number of anilines is 1. The summed E-state index contributed by atoms with van der Waals surface area (Å²) in [4.78, 5) is 22.5. The van der Waals surface area contributed by atoms with Gasteiger partial charge in [-0.2, -0.15) is 0 Å². The van der Waals surface area contributed by atoms with Gasteiger partial charge in [-0.15, -0.1) is 0 Å². The molecule has 0 saturated carbocycles. The minimum absolute atomic E-state index is 0.0674. The fourth-order valence-electron chi connectivity index (χ4n) is 1.73. The van der Waals surface area contributed by atoms with Crippen molar-refractivity contribution in [3.63, 3.8) is 0 Å². The number of ether oxygens (including phenoxy) is 1. The van der Waals surface area contributed by atoms with Gasteiger partial charge in [0.2, 0.25) is 0 Å². The van der Waals surface area contributed by atoms with Crippen molar-refractivity contribution in [2.24, 2.45) is 0 Å². The fraction of sp³-hybridized carbons (Fsp3) is 0.133. The Kier molecular flexibility index (Phi) is 5.31. The number of nitro groups is 1. The van der Waals surface area contributed by atoms with Crippen LogP contribution in [0.15, 0.2) is 48.5 Å². The predicted molar refractivity (Wildman–Crippen MR) is 91.0 cm³/mol. The molecule has 6 nitrogen and oxygen atoms in total. The van der Waals surface area contributed by atoms with Gasteiger partial charge in [-0.25, -0.2) is 0 Å². The summed E-state index contributed by atoms with van der Waals surface area (Å²) in [6, 6.07) is 13.2. The van der Waals surface area contributed by atoms with Crippen molar-refractivity contribution in [1.82, 2.24) is 0 Å². The number of amides is 1. The van der Waals surface area contributed by atoms with Crippen LogP contribution >= 0.6 is 22.6 Å². The zero-order valence-electron chi connectivity index (χ0n) is 11.7. The number of benzene rings is 2. The zero-order chi connectivity index (χ0) is 16.1. The predicted octanol–water partition coefficient (Wildman–Crippen LogP) is 3.61. The topological polar surface area (TPSA) is 81.5 Å². The van der Waals surface area contributed by atoms with Gasteiger partial charge in [-0.1, -0.05) is 12.1 Å². The Morgan fingerprint density at radius 3 is 2.50 bits per heavy atom. The number of hydrogen-bond donors (Lipinski definition) is 1. The summed E-state index contributed by atoms with van der Waals surface area (Å²) >= 11 is 2.17. The molecule has 0 spiro atoms. The first kappa shape index (κ1) is 16.2. The molecule has 2 rings (SSSR count). The van der Waals surface area contributed by atoms with Crippen molar-refractivity contribution in [2.45, 2.75) is 13.0 Å². The molecule has 1 amide bonds. The normalized spacial score (nSPS) is 11.5. The summed E-state index contributed by atoms with van der Waals surface area (Å²) in [7, 11) is 0. The highest BCUT2D eigenvalue weighted by Crippen LogP contribution is 2.27. The third kappa shape index (κ3) is 4.17. The summed E-state index contributed by atoms with van der Waals surface area (Å²) in [5.74, 6) is -0.308. The number of hydrogen-bond acceptors (Lipinski definition) is 4. The van der Waals surface area contributed by atoms with Crippen LogP contribution in [0.1, 0.15) is 6.92 Å². The molecule has 22 heavy (non-hydrogen) atoms. The van der Waals surface area contributed by atoms with Crippen LogP contribution in [0.2, 0.25) is 0 Å². The molecule has 114 valence electrons. The van der Waals surface area contributed by atoms with Crippen LogP contribution in [0.25, 0.3) is 0 Å². The molecule has 0 aliphatic heterocycles. The molecule has 1 N–H and O–H groups in total. The molecule has 0 saturated heterocycles. The van der Waals surface area contributed by atoms with Crippen LogP contribution in [-0.2, 0) is 4.79 Å². The van der Waals surface area contributed by atoms with Crippen molar-refractivity contribution in [3.05, 3.63) is 62.2 Å². The van der Waals surface area contributed by atoms with E-state index < -0.39 is 11.0 Å². The lowest BCUT2D eigenvalue weighted by Gasteiger charge is -2.14. The second-order valence-corrected chi connectivity index (χ2v) is 5.73. The van der Waals surface area contributed by atoms with Crippen LogP contribution < -0.4 is 10.1 Å². The second kappa shape index (κ2) is 7.21. The Labute approximate surface area is 140 Å². The molecular weight excluding hydrogens is 399 g/mol. The molecule has 0 aliphatic carbocycles. The first-order valence-corrected chi connectivity index (χ1v) is 7.52. The number of rotatable bonds is 5. The highest BCUT2D eigenvalue weighted by Gasteiger charge is 2.20. The largest absolute Gasteiger partial charge is 0.474 e. The Hall–Kier alpha value is -2.16. The van der Waals surface area contributed by atoms with E-state index >= 15 is 0 Å². The lowest BCUT2D eigenvalue weighted by atomic mass is 10.2. The number of carbonyl (C=O) groups is 1. The van der Waals surface area contributed by atoms with Crippen molar-refractivity contribution < 1.29 is 14.5 Å². The molecule has 0 heterocycles. The number of nitro benzene ring substituents is 1. The molecule has 2 aromatic rings. The van der Waals surface area contributed by atoms with Gasteiger partial charge < -0.3 is 10.1 Å². The molecule has 0 fully saturated rings. The number of nitrogens with one attached hydrogen (secondary N) is 1. The Bertz CT molecular complexity index is 688. The van der Waals surface area contributed by atoms with Gasteiger partial charge in [0.15, 0.2) is 11.9 Å². The van der Waals surface area contributed by atoms with Crippen molar-refractivity contribution in [2.75, 3.05) is 5.32 Å². The summed E-state index contributed by atoms with van der Waals surface area (Å²) in [6.45, 7) is 1.54. The molecule has 0 bridgehead atoms. The van der Waals surface area contributed by atoms with E-state index in [9.17, 15) is 14.9 Å². The number of nitrogens with zero attached hydrogens (tertiary/aromatic N) is 1. The van der Waals surface area contributed by atoms with Crippen molar-refractivity contribution in [3.8, 4) is 5.75 Å². The number of halogens is 1. The quantitative estimate of drug-likeness (QED) is 0.462. The third-order valence-electron chi connectivity index (χ3n) is 2.85. The van der Waals surface area contributed by atoms with E-state index in [0.717, 1.165) is 3.57 Å². The summed E-state index contributed by atoms with van der Waals surface area (Å²) in [5.41, 5.74) is 0.472.